The third-order valence-electron chi connectivity index (χ3n) is 3.26. The van der Waals surface area contributed by atoms with E-state index in [0.29, 0.717) is 12.0 Å². The second-order valence-corrected chi connectivity index (χ2v) is 6.44. The fraction of sp³-hybridized carbons (Fsp3) is 0.133. The number of nitrogens with zero attached hydrogens (tertiary/aromatic N) is 1. The lowest BCUT2D eigenvalue weighted by molar-refractivity contribution is 0.0695. The van der Waals surface area contributed by atoms with Crippen molar-refractivity contribution in [2.45, 2.75) is 18.2 Å². The molecule has 0 aliphatic heterocycles. The number of hydrogen-bond acceptors (Lipinski definition) is 5. The molecule has 2 aromatic rings. The van der Waals surface area contributed by atoms with Crippen molar-refractivity contribution in [2.75, 3.05) is 5.32 Å². The Balaban J connectivity index is 2.27. The normalized spacial score (nSPS) is 11.1. The number of pyridine rings is 1. The van der Waals surface area contributed by atoms with Crippen molar-refractivity contribution in [3.8, 4) is 0 Å². The zero-order valence-electron chi connectivity index (χ0n) is 12.7. The van der Waals surface area contributed by atoms with Crippen LogP contribution >= 0.6 is 0 Å². The van der Waals surface area contributed by atoms with E-state index in [1.54, 1.807) is 19.1 Å². The van der Waals surface area contributed by atoms with E-state index in [1.807, 2.05) is 0 Å². The second-order valence-electron chi connectivity index (χ2n) is 4.91. The zero-order valence-corrected chi connectivity index (χ0v) is 13.5. The number of hydrogen-bond donors (Lipinski definition) is 3. The lowest BCUT2D eigenvalue weighted by atomic mass is 10.1. The van der Waals surface area contributed by atoms with Gasteiger partial charge >= 0.3 is 5.97 Å². The molecule has 0 bridgehead atoms. The Hall–Kier alpha value is -2.78. The molecule has 0 saturated carbocycles. The monoisotopic (exact) mass is 349 g/mol. The van der Waals surface area contributed by atoms with Gasteiger partial charge in [-0.1, -0.05) is 13.0 Å². The highest BCUT2D eigenvalue weighted by atomic mass is 32.2. The number of carboxylic acid groups (broad SMARTS) is 1. The molecule has 1 heterocycles. The van der Waals surface area contributed by atoms with E-state index in [2.05, 4.69) is 10.3 Å². The summed E-state index contributed by atoms with van der Waals surface area (Å²) >= 11 is 0. The summed E-state index contributed by atoms with van der Waals surface area (Å²) < 4.78 is 23.2. The Labute approximate surface area is 138 Å². The minimum absolute atomic E-state index is 0.00303. The first kappa shape index (κ1) is 17.6. The number of carbonyl (C=O) groups is 2. The van der Waals surface area contributed by atoms with Crippen LogP contribution in [0.5, 0.6) is 0 Å². The summed E-state index contributed by atoms with van der Waals surface area (Å²) in [7, 11) is -3.92. The van der Waals surface area contributed by atoms with Crippen LogP contribution < -0.4 is 10.5 Å². The molecule has 126 valence electrons. The van der Waals surface area contributed by atoms with Crippen molar-refractivity contribution in [3.63, 3.8) is 0 Å². The maximum Gasteiger partial charge on any atom is 0.337 e. The number of aromatic carboxylic acids is 1. The maximum atomic E-state index is 12.1. The smallest absolute Gasteiger partial charge is 0.337 e. The highest BCUT2D eigenvalue weighted by Crippen LogP contribution is 2.20. The number of sulfonamides is 1. The van der Waals surface area contributed by atoms with E-state index >= 15 is 0 Å². The van der Waals surface area contributed by atoms with Crippen LogP contribution in [0.3, 0.4) is 0 Å². The number of carbonyl (C=O) groups excluding carboxylic acids is 1. The number of nitrogens with one attached hydrogen (secondary N) is 1. The van der Waals surface area contributed by atoms with Crippen molar-refractivity contribution in [2.24, 2.45) is 5.14 Å². The van der Waals surface area contributed by atoms with E-state index in [9.17, 15) is 18.0 Å². The van der Waals surface area contributed by atoms with Gasteiger partial charge in [-0.15, -0.1) is 0 Å². The first-order chi connectivity index (χ1) is 11.2. The Bertz CT molecular complexity index is 892. The number of anilines is 1. The van der Waals surface area contributed by atoms with Gasteiger partial charge in [0, 0.05) is 11.9 Å². The van der Waals surface area contributed by atoms with Crippen molar-refractivity contribution in [1.82, 2.24) is 4.98 Å². The molecule has 0 aliphatic rings. The molecule has 0 saturated heterocycles. The molecule has 0 spiro atoms. The van der Waals surface area contributed by atoms with Crippen LogP contribution in [0.15, 0.2) is 41.4 Å². The molecule has 0 atom stereocenters. The molecule has 0 radical (unpaired) electrons. The van der Waals surface area contributed by atoms with Gasteiger partial charge in [-0.3, -0.25) is 9.78 Å². The van der Waals surface area contributed by atoms with Crippen molar-refractivity contribution < 1.29 is 23.1 Å². The molecule has 0 aliphatic carbocycles. The van der Waals surface area contributed by atoms with Crippen molar-refractivity contribution >= 4 is 27.6 Å². The van der Waals surface area contributed by atoms with Crippen LogP contribution in [-0.4, -0.2) is 30.4 Å². The van der Waals surface area contributed by atoms with Crippen LogP contribution in [0.2, 0.25) is 0 Å². The minimum atomic E-state index is -3.92. The van der Waals surface area contributed by atoms with E-state index < -0.39 is 21.9 Å². The van der Waals surface area contributed by atoms with Crippen LogP contribution in [0, 0.1) is 0 Å². The van der Waals surface area contributed by atoms with Gasteiger partial charge < -0.3 is 10.4 Å². The topological polar surface area (TPSA) is 139 Å². The molecule has 9 heteroatoms. The SMILES string of the molecule is CCc1ccc(NC(=O)c2ccc(C(=O)O)cn2)cc1S(N)(=O)=O. The Morgan fingerprint density at radius 1 is 1.25 bits per heavy atom. The van der Waals surface area contributed by atoms with Gasteiger partial charge in [-0.2, -0.15) is 0 Å². The summed E-state index contributed by atoms with van der Waals surface area (Å²) in [5.41, 5.74) is 0.733. The number of carboxylic acids is 1. The summed E-state index contributed by atoms with van der Waals surface area (Å²) in [4.78, 5) is 26.6. The lowest BCUT2D eigenvalue weighted by Crippen LogP contribution is -2.17. The van der Waals surface area contributed by atoms with E-state index in [4.69, 9.17) is 10.2 Å². The van der Waals surface area contributed by atoms with Crippen molar-refractivity contribution in [1.29, 1.82) is 0 Å². The average Bonchev–Trinajstić information content (AvgIpc) is 2.54. The molecule has 2 rings (SSSR count). The maximum absolute atomic E-state index is 12.1. The molecule has 1 aromatic heterocycles. The number of aryl methyl sites for hydroxylation is 1. The number of primary sulfonamides is 1. The van der Waals surface area contributed by atoms with Gasteiger partial charge in [0.25, 0.3) is 5.91 Å². The van der Waals surface area contributed by atoms with Crippen LogP contribution in [0.1, 0.15) is 33.3 Å². The van der Waals surface area contributed by atoms with Gasteiger partial charge in [0.1, 0.15) is 5.69 Å². The Morgan fingerprint density at radius 3 is 2.46 bits per heavy atom. The molecule has 0 unspecified atom stereocenters. The number of rotatable bonds is 5. The molecular formula is C15H15N3O5S. The van der Waals surface area contributed by atoms with Crippen LogP contribution in [0.25, 0.3) is 0 Å². The number of benzene rings is 1. The number of aromatic nitrogens is 1. The molecule has 1 amide bonds. The average molecular weight is 349 g/mol. The second kappa shape index (κ2) is 6.77. The van der Waals surface area contributed by atoms with Gasteiger partial charge in [0.2, 0.25) is 10.0 Å². The standard InChI is InChI=1S/C15H15N3O5S/c1-2-9-3-5-11(7-13(9)24(16,22)23)18-14(19)12-6-4-10(8-17-12)15(20)21/h3-8H,2H2,1H3,(H,18,19)(H,20,21)(H2,16,22,23). The molecule has 4 N–H and O–H groups in total. The third kappa shape index (κ3) is 3.94. The van der Waals surface area contributed by atoms with Gasteiger partial charge in [-0.25, -0.2) is 18.4 Å². The fourth-order valence-corrected chi connectivity index (χ4v) is 2.91. The minimum Gasteiger partial charge on any atom is -0.478 e. The summed E-state index contributed by atoms with van der Waals surface area (Å²) in [5, 5.41) is 16.5. The molecule has 1 aromatic carbocycles. The first-order valence-corrected chi connectivity index (χ1v) is 8.43. The lowest BCUT2D eigenvalue weighted by Gasteiger charge is -2.10. The number of amides is 1. The van der Waals surface area contributed by atoms with Crippen LogP contribution in [0.4, 0.5) is 5.69 Å². The number of nitrogens with two attached hydrogens (primary N) is 1. The largest absolute Gasteiger partial charge is 0.478 e. The zero-order chi connectivity index (χ0) is 17.9. The Morgan fingerprint density at radius 2 is 1.96 bits per heavy atom. The molecule has 8 nitrogen and oxygen atoms in total. The van der Waals surface area contributed by atoms with Crippen molar-refractivity contribution in [3.05, 3.63) is 53.3 Å². The predicted octanol–water partition coefficient (Wildman–Crippen LogP) is 1.24. The van der Waals surface area contributed by atoms with Gasteiger partial charge in [0.05, 0.1) is 10.5 Å². The summed E-state index contributed by atoms with van der Waals surface area (Å²) in [6.45, 7) is 1.79. The van der Waals surface area contributed by atoms with E-state index in [-0.39, 0.29) is 21.8 Å². The van der Waals surface area contributed by atoms with Gasteiger partial charge in [-0.05, 0) is 36.2 Å². The highest BCUT2D eigenvalue weighted by Gasteiger charge is 2.15. The van der Waals surface area contributed by atoms with E-state index in [0.717, 1.165) is 6.20 Å². The quantitative estimate of drug-likeness (QED) is 0.742. The summed E-state index contributed by atoms with van der Waals surface area (Å²) in [6.07, 6.45) is 1.53. The summed E-state index contributed by atoms with van der Waals surface area (Å²) in [6, 6.07) is 6.91. The van der Waals surface area contributed by atoms with Crippen LogP contribution in [-0.2, 0) is 16.4 Å². The van der Waals surface area contributed by atoms with Gasteiger partial charge in [0.15, 0.2) is 0 Å². The highest BCUT2D eigenvalue weighted by molar-refractivity contribution is 7.89. The summed E-state index contributed by atoms with van der Waals surface area (Å²) in [5.74, 6) is -1.75. The molecule has 0 fully saturated rings. The third-order valence-corrected chi connectivity index (χ3v) is 4.25. The first-order valence-electron chi connectivity index (χ1n) is 6.88. The Kier molecular flexibility index (Phi) is 4.96. The predicted molar refractivity (Wildman–Crippen MR) is 86.3 cm³/mol. The molecule has 24 heavy (non-hydrogen) atoms. The molecular weight excluding hydrogens is 334 g/mol. The fourth-order valence-electron chi connectivity index (χ4n) is 2.04. The van der Waals surface area contributed by atoms with E-state index in [1.165, 1.54) is 18.2 Å².